The number of amides is 4. The van der Waals surface area contributed by atoms with Crippen LogP contribution in [-0.2, 0) is 9.59 Å². The lowest BCUT2D eigenvalue weighted by atomic mass is 9.92. The molecule has 1 heterocycles. The summed E-state index contributed by atoms with van der Waals surface area (Å²) in [5.41, 5.74) is 0.507. The molecule has 142 valence electrons. The third-order valence-electron chi connectivity index (χ3n) is 4.50. The molecule has 1 fully saturated rings. The minimum absolute atomic E-state index is 0.334. The Labute approximate surface area is 154 Å². The van der Waals surface area contributed by atoms with Crippen LogP contribution in [0.5, 0.6) is 5.75 Å². The van der Waals surface area contributed by atoms with E-state index in [9.17, 15) is 14.4 Å². The normalized spacial score (nSPS) is 19.7. The van der Waals surface area contributed by atoms with E-state index in [0.717, 1.165) is 16.9 Å². The summed E-state index contributed by atoms with van der Waals surface area (Å²) in [5.74, 6) is 0.116. The van der Waals surface area contributed by atoms with Crippen molar-refractivity contribution in [3.05, 3.63) is 23.8 Å². The molecule has 0 spiro atoms. The minimum atomic E-state index is -0.956. The standard InChI is InChI=1S/C19H27N3O4/c1-12(2)8-9-19(4)17(24)22(18(25)21-19)11-16(23)20-14-10-13(3)6-7-15(14)26-5/h6-7,10,12H,8-9,11H2,1-5H3,(H,20,23)(H,21,25). The van der Waals surface area contributed by atoms with Gasteiger partial charge in [-0.25, -0.2) is 4.79 Å². The van der Waals surface area contributed by atoms with Gasteiger partial charge < -0.3 is 15.4 Å². The van der Waals surface area contributed by atoms with Crippen LogP contribution in [0.15, 0.2) is 18.2 Å². The van der Waals surface area contributed by atoms with Crippen molar-refractivity contribution in [3.63, 3.8) is 0 Å². The summed E-state index contributed by atoms with van der Waals surface area (Å²) in [6.07, 6.45) is 1.35. The molecule has 4 amide bonds. The summed E-state index contributed by atoms with van der Waals surface area (Å²) >= 11 is 0. The van der Waals surface area contributed by atoms with Crippen molar-refractivity contribution in [2.75, 3.05) is 19.0 Å². The molecule has 0 radical (unpaired) electrons. The fourth-order valence-electron chi connectivity index (χ4n) is 2.89. The number of urea groups is 1. The third kappa shape index (κ3) is 4.33. The van der Waals surface area contributed by atoms with Gasteiger partial charge in [0, 0.05) is 0 Å². The number of anilines is 1. The number of nitrogens with one attached hydrogen (secondary N) is 2. The third-order valence-corrected chi connectivity index (χ3v) is 4.50. The Kier molecular flexibility index (Phi) is 5.90. The summed E-state index contributed by atoms with van der Waals surface area (Å²) in [4.78, 5) is 38.2. The Hall–Kier alpha value is -2.57. The smallest absolute Gasteiger partial charge is 0.325 e. The summed E-state index contributed by atoms with van der Waals surface area (Å²) in [5, 5.41) is 5.43. The molecule has 1 aliphatic heterocycles. The maximum atomic E-state index is 12.7. The van der Waals surface area contributed by atoms with Crippen LogP contribution in [-0.4, -0.2) is 41.9 Å². The highest BCUT2D eigenvalue weighted by atomic mass is 16.5. The van der Waals surface area contributed by atoms with E-state index in [-0.39, 0.29) is 12.5 Å². The molecule has 1 saturated heterocycles. The summed E-state index contributed by atoms with van der Waals surface area (Å²) in [7, 11) is 1.51. The van der Waals surface area contributed by atoms with Crippen molar-refractivity contribution in [2.24, 2.45) is 5.92 Å². The van der Waals surface area contributed by atoms with E-state index < -0.39 is 17.5 Å². The monoisotopic (exact) mass is 361 g/mol. The highest BCUT2D eigenvalue weighted by Crippen LogP contribution is 2.27. The lowest BCUT2D eigenvalue weighted by Gasteiger charge is -2.22. The van der Waals surface area contributed by atoms with Gasteiger partial charge in [-0.3, -0.25) is 14.5 Å². The predicted octanol–water partition coefficient (Wildman–Crippen LogP) is 2.69. The molecule has 7 heteroatoms. The van der Waals surface area contributed by atoms with Crippen LogP contribution in [0, 0.1) is 12.8 Å². The maximum absolute atomic E-state index is 12.7. The largest absolute Gasteiger partial charge is 0.495 e. The topological polar surface area (TPSA) is 87.7 Å². The molecule has 1 atom stereocenters. The highest BCUT2D eigenvalue weighted by molar-refractivity contribution is 6.10. The average Bonchev–Trinajstić information content (AvgIpc) is 2.77. The summed E-state index contributed by atoms with van der Waals surface area (Å²) < 4.78 is 5.23. The minimum Gasteiger partial charge on any atom is -0.495 e. The van der Waals surface area contributed by atoms with Gasteiger partial charge in [-0.2, -0.15) is 0 Å². The molecule has 1 aromatic rings. The lowest BCUT2D eigenvalue weighted by Crippen LogP contribution is -2.44. The van der Waals surface area contributed by atoms with Crippen molar-refractivity contribution in [2.45, 2.75) is 46.1 Å². The molecule has 0 saturated carbocycles. The lowest BCUT2D eigenvalue weighted by molar-refractivity contribution is -0.133. The first-order valence-corrected chi connectivity index (χ1v) is 8.75. The van der Waals surface area contributed by atoms with Gasteiger partial charge in [0.25, 0.3) is 5.91 Å². The zero-order valence-corrected chi connectivity index (χ0v) is 16.0. The number of methoxy groups -OCH3 is 1. The van der Waals surface area contributed by atoms with Crippen molar-refractivity contribution >= 4 is 23.5 Å². The van der Waals surface area contributed by atoms with E-state index in [1.807, 2.05) is 13.0 Å². The molecular formula is C19H27N3O4. The number of hydrogen-bond donors (Lipinski definition) is 2. The summed E-state index contributed by atoms with van der Waals surface area (Å²) in [6.45, 7) is 7.39. The Balaban J connectivity index is 2.06. The van der Waals surface area contributed by atoms with Gasteiger partial charge in [-0.15, -0.1) is 0 Å². The molecule has 2 rings (SSSR count). The highest BCUT2D eigenvalue weighted by Gasteiger charge is 2.47. The van der Waals surface area contributed by atoms with Crippen molar-refractivity contribution in [1.29, 1.82) is 0 Å². The van der Waals surface area contributed by atoms with Crippen LogP contribution in [0.4, 0.5) is 10.5 Å². The molecular weight excluding hydrogens is 334 g/mol. The molecule has 1 aromatic carbocycles. The molecule has 0 bridgehead atoms. The fraction of sp³-hybridized carbons (Fsp3) is 0.526. The van der Waals surface area contributed by atoms with E-state index in [0.29, 0.717) is 23.8 Å². The number of aryl methyl sites for hydroxylation is 1. The predicted molar refractivity (Wildman–Crippen MR) is 99.1 cm³/mol. The quantitative estimate of drug-likeness (QED) is 0.731. The number of hydrogen-bond acceptors (Lipinski definition) is 4. The maximum Gasteiger partial charge on any atom is 0.325 e. The average molecular weight is 361 g/mol. The zero-order chi connectivity index (χ0) is 19.5. The number of rotatable bonds is 7. The Morgan fingerprint density at radius 3 is 2.65 bits per heavy atom. The molecule has 0 aliphatic carbocycles. The van der Waals surface area contributed by atoms with Crippen molar-refractivity contribution in [3.8, 4) is 5.75 Å². The SMILES string of the molecule is COc1ccc(C)cc1NC(=O)CN1C(=O)NC(C)(CCC(C)C)C1=O. The van der Waals surface area contributed by atoms with Crippen LogP contribution in [0.3, 0.4) is 0 Å². The number of benzene rings is 1. The van der Waals surface area contributed by atoms with Crippen LogP contribution in [0.1, 0.15) is 39.2 Å². The zero-order valence-electron chi connectivity index (χ0n) is 16.0. The Morgan fingerprint density at radius 2 is 2.04 bits per heavy atom. The fourth-order valence-corrected chi connectivity index (χ4v) is 2.89. The number of imide groups is 1. The van der Waals surface area contributed by atoms with Gasteiger partial charge in [0.15, 0.2) is 0 Å². The van der Waals surface area contributed by atoms with Gasteiger partial charge in [-0.05, 0) is 50.3 Å². The Morgan fingerprint density at radius 1 is 1.35 bits per heavy atom. The first-order valence-electron chi connectivity index (χ1n) is 8.75. The molecule has 7 nitrogen and oxygen atoms in total. The van der Waals surface area contributed by atoms with Crippen molar-refractivity contribution in [1.82, 2.24) is 10.2 Å². The van der Waals surface area contributed by atoms with E-state index in [2.05, 4.69) is 24.5 Å². The van der Waals surface area contributed by atoms with Crippen LogP contribution in [0.2, 0.25) is 0 Å². The summed E-state index contributed by atoms with van der Waals surface area (Å²) in [6, 6.07) is 4.86. The van der Waals surface area contributed by atoms with E-state index >= 15 is 0 Å². The van der Waals surface area contributed by atoms with Crippen LogP contribution >= 0.6 is 0 Å². The number of ether oxygens (including phenoxy) is 1. The second kappa shape index (κ2) is 7.76. The number of nitrogens with zero attached hydrogens (tertiary/aromatic N) is 1. The van der Waals surface area contributed by atoms with Crippen molar-refractivity contribution < 1.29 is 19.1 Å². The van der Waals surface area contributed by atoms with Gasteiger partial charge in [0.2, 0.25) is 5.91 Å². The second-order valence-corrected chi connectivity index (χ2v) is 7.34. The first-order chi connectivity index (χ1) is 12.2. The molecule has 26 heavy (non-hydrogen) atoms. The first kappa shape index (κ1) is 19.8. The van der Waals surface area contributed by atoms with Gasteiger partial charge in [0.05, 0.1) is 12.8 Å². The van der Waals surface area contributed by atoms with E-state index in [4.69, 9.17) is 4.74 Å². The molecule has 0 aromatic heterocycles. The second-order valence-electron chi connectivity index (χ2n) is 7.34. The van der Waals surface area contributed by atoms with Crippen LogP contribution in [0.25, 0.3) is 0 Å². The molecule has 1 aliphatic rings. The van der Waals surface area contributed by atoms with Gasteiger partial charge >= 0.3 is 6.03 Å². The van der Waals surface area contributed by atoms with Gasteiger partial charge in [-0.1, -0.05) is 19.9 Å². The number of carbonyl (C=O) groups excluding carboxylic acids is 3. The van der Waals surface area contributed by atoms with Crippen LogP contribution < -0.4 is 15.4 Å². The Bertz CT molecular complexity index is 717. The number of carbonyl (C=O) groups is 3. The van der Waals surface area contributed by atoms with E-state index in [1.165, 1.54) is 7.11 Å². The molecule has 1 unspecified atom stereocenters. The molecule has 2 N–H and O–H groups in total. The van der Waals surface area contributed by atoms with E-state index in [1.54, 1.807) is 19.1 Å². The van der Waals surface area contributed by atoms with Gasteiger partial charge in [0.1, 0.15) is 17.8 Å².